The number of carbonyl (C=O) groups excluding carboxylic acids is 1. The molecule has 1 amide bonds. The summed E-state index contributed by atoms with van der Waals surface area (Å²) in [5, 5.41) is 11.8. The molecule has 2 N–H and O–H groups in total. The molecule has 1 atom stereocenters. The monoisotopic (exact) mass is 453 g/mol. The summed E-state index contributed by atoms with van der Waals surface area (Å²) in [4.78, 5) is 23.7. The summed E-state index contributed by atoms with van der Waals surface area (Å²) in [6.07, 6.45) is -5.23. The van der Waals surface area contributed by atoms with E-state index in [9.17, 15) is 27.9 Å². The van der Waals surface area contributed by atoms with Crippen LogP contribution in [0.4, 0.5) is 13.2 Å². The minimum absolute atomic E-state index is 0.0809. The summed E-state index contributed by atoms with van der Waals surface area (Å²) in [7, 11) is 0. The van der Waals surface area contributed by atoms with E-state index in [0.29, 0.717) is 11.3 Å². The average Bonchev–Trinajstić information content (AvgIpc) is 2.72. The van der Waals surface area contributed by atoms with E-state index in [1.807, 2.05) is 0 Å². The van der Waals surface area contributed by atoms with E-state index in [1.165, 1.54) is 26.0 Å². The van der Waals surface area contributed by atoms with Crippen molar-refractivity contribution in [2.75, 3.05) is 6.61 Å². The second-order valence-electron chi connectivity index (χ2n) is 7.62. The van der Waals surface area contributed by atoms with E-state index in [-0.39, 0.29) is 19.6 Å². The highest BCUT2D eigenvalue weighted by atomic mass is 19.4. The summed E-state index contributed by atoms with van der Waals surface area (Å²) >= 11 is 0. The zero-order chi connectivity index (χ0) is 23.9. The van der Waals surface area contributed by atoms with Crippen molar-refractivity contribution in [1.29, 1.82) is 0 Å². The minimum atomic E-state index is -4.46. The molecule has 0 aromatic heterocycles. The maximum absolute atomic E-state index is 12.8. The number of hydrogen-bond donors (Lipinski definition) is 2. The molecule has 2 aromatic rings. The van der Waals surface area contributed by atoms with Crippen LogP contribution in [-0.2, 0) is 33.5 Å². The van der Waals surface area contributed by atoms with E-state index in [2.05, 4.69) is 5.32 Å². The lowest BCUT2D eigenvalue weighted by atomic mass is 10.1. The molecule has 2 rings (SSSR count). The van der Waals surface area contributed by atoms with E-state index in [4.69, 9.17) is 9.47 Å². The molecule has 2 aromatic carbocycles. The fourth-order valence-electron chi connectivity index (χ4n) is 2.92. The van der Waals surface area contributed by atoms with Crippen LogP contribution in [-0.4, -0.2) is 35.3 Å². The van der Waals surface area contributed by atoms with Gasteiger partial charge in [0.05, 0.1) is 5.56 Å². The molecule has 0 bridgehead atoms. The number of ether oxygens (including phenoxy) is 2. The van der Waals surface area contributed by atoms with Crippen molar-refractivity contribution < 1.29 is 37.3 Å². The highest BCUT2D eigenvalue weighted by Crippen LogP contribution is 2.29. The van der Waals surface area contributed by atoms with Crippen LogP contribution in [0.3, 0.4) is 0 Å². The molecule has 0 saturated heterocycles. The Morgan fingerprint density at radius 3 is 2.28 bits per heavy atom. The second kappa shape index (κ2) is 10.5. The number of carbonyl (C=O) groups is 2. The van der Waals surface area contributed by atoms with E-state index in [0.717, 1.165) is 17.7 Å². The van der Waals surface area contributed by atoms with Crippen LogP contribution < -0.4 is 10.1 Å². The Balaban J connectivity index is 1.97. The number of nitrogens with one attached hydrogen (secondary N) is 1. The van der Waals surface area contributed by atoms with E-state index in [1.54, 1.807) is 31.2 Å². The lowest BCUT2D eigenvalue weighted by Gasteiger charge is -2.25. The maximum Gasteiger partial charge on any atom is 0.416 e. The first-order valence-electron chi connectivity index (χ1n) is 9.99. The highest BCUT2D eigenvalue weighted by molar-refractivity contribution is 5.84. The molecular weight excluding hydrogens is 427 g/mol. The summed E-state index contributed by atoms with van der Waals surface area (Å²) in [6, 6.07) is 11.3. The van der Waals surface area contributed by atoms with Crippen molar-refractivity contribution in [2.24, 2.45) is 0 Å². The number of rotatable bonds is 10. The van der Waals surface area contributed by atoms with Gasteiger partial charge in [0.2, 0.25) is 0 Å². The normalized spacial score (nSPS) is 12.8. The third-order valence-corrected chi connectivity index (χ3v) is 4.61. The predicted octanol–water partition coefficient (Wildman–Crippen LogP) is 4.21. The Kier molecular flexibility index (Phi) is 8.26. The molecular formula is C23H26F3NO5. The largest absolute Gasteiger partial charge is 0.479 e. The number of carboxylic acid groups (broad SMARTS) is 1. The Hall–Kier alpha value is -3.07. The Morgan fingerprint density at radius 2 is 1.72 bits per heavy atom. The Morgan fingerprint density at radius 1 is 1.06 bits per heavy atom. The van der Waals surface area contributed by atoms with Gasteiger partial charge >= 0.3 is 12.1 Å². The van der Waals surface area contributed by atoms with Crippen molar-refractivity contribution >= 4 is 11.9 Å². The number of alkyl halides is 3. The van der Waals surface area contributed by atoms with Gasteiger partial charge in [-0.3, -0.25) is 4.79 Å². The van der Waals surface area contributed by atoms with Gasteiger partial charge in [-0.05, 0) is 56.2 Å². The van der Waals surface area contributed by atoms with Crippen LogP contribution >= 0.6 is 0 Å². The zero-order valence-corrected chi connectivity index (χ0v) is 18.0. The molecule has 0 aliphatic carbocycles. The standard InChI is InChI=1S/C23H26F3NO5/c1-4-31-19(20(28)29)13-15-8-10-18(11-9-15)32-22(2,3)21(30)27-14-16-6-5-7-17(12-16)23(24,25)26/h5-12,19H,4,13-14H2,1-3H3,(H,27,30)(H,28,29)/t19-/m0/s1. The van der Waals surface area contributed by atoms with Crippen LogP contribution in [0.15, 0.2) is 48.5 Å². The van der Waals surface area contributed by atoms with Gasteiger partial charge in [0.1, 0.15) is 5.75 Å². The molecule has 0 heterocycles. The molecule has 0 aliphatic heterocycles. The molecule has 32 heavy (non-hydrogen) atoms. The van der Waals surface area contributed by atoms with Gasteiger partial charge in [-0.2, -0.15) is 13.2 Å². The van der Waals surface area contributed by atoms with Crippen molar-refractivity contribution in [3.63, 3.8) is 0 Å². The SMILES string of the molecule is CCO[C@@H](Cc1ccc(OC(C)(C)C(=O)NCc2cccc(C(F)(F)F)c2)cc1)C(=O)O. The lowest BCUT2D eigenvalue weighted by molar-refractivity contribution is -0.150. The van der Waals surface area contributed by atoms with Gasteiger partial charge in [0.15, 0.2) is 11.7 Å². The van der Waals surface area contributed by atoms with Crippen LogP contribution in [0.2, 0.25) is 0 Å². The second-order valence-corrected chi connectivity index (χ2v) is 7.62. The number of carboxylic acids is 1. The van der Waals surface area contributed by atoms with Crippen LogP contribution in [0, 0.1) is 0 Å². The zero-order valence-electron chi connectivity index (χ0n) is 18.0. The molecule has 0 fully saturated rings. The van der Waals surface area contributed by atoms with Gasteiger partial charge in [0.25, 0.3) is 5.91 Å². The average molecular weight is 453 g/mol. The number of halogens is 3. The molecule has 174 valence electrons. The molecule has 0 aliphatic rings. The molecule has 9 heteroatoms. The molecule has 6 nitrogen and oxygen atoms in total. The fraction of sp³-hybridized carbons (Fsp3) is 0.391. The van der Waals surface area contributed by atoms with Crippen molar-refractivity contribution in [3.05, 3.63) is 65.2 Å². The van der Waals surface area contributed by atoms with Gasteiger partial charge in [-0.15, -0.1) is 0 Å². The third kappa shape index (κ3) is 7.26. The Bertz CT molecular complexity index is 926. The predicted molar refractivity (Wildman–Crippen MR) is 111 cm³/mol. The topological polar surface area (TPSA) is 84.9 Å². The quantitative estimate of drug-likeness (QED) is 0.563. The smallest absolute Gasteiger partial charge is 0.416 e. The first kappa shape index (κ1) is 25.2. The van der Waals surface area contributed by atoms with Crippen molar-refractivity contribution in [2.45, 2.75) is 51.6 Å². The molecule has 0 radical (unpaired) electrons. The van der Waals surface area contributed by atoms with Crippen LogP contribution in [0.25, 0.3) is 0 Å². The lowest BCUT2D eigenvalue weighted by Crippen LogP contribution is -2.46. The summed E-state index contributed by atoms with van der Waals surface area (Å²) < 4.78 is 49.4. The van der Waals surface area contributed by atoms with Crippen LogP contribution in [0.1, 0.15) is 37.5 Å². The third-order valence-electron chi connectivity index (χ3n) is 4.61. The van der Waals surface area contributed by atoms with Gasteiger partial charge < -0.3 is 19.9 Å². The van der Waals surface area contributed by atoms with Gasteiger partial charge in [-0.1, -0.05) is 24.3 Å². The molecule has 0 unspecified atom stereocenters. The maximum atomic E-state index is 12.8. The summed E-state index contributed by atoms with van der Waals surface area (Å²) in [5.74, 6) is -1.16. The summed E-state index contributed by atoms with van der Waals surface area (Å²) in [5.41, 5.74) is -1.03. The Labute approximate surface area is 184 Å². The van der Waals surface area contributed by atoms with Crippen molar-refractivity contribution in [3.8, 4) is 5.75 Å². The number of benzene rings is 2. The number of aliphatic carboxylic acids is 1. The van der Waals surface area contributed by atoms with Gasteiger partial charge in [-0.25, -0.2) is 4.79 Å². The highest BCUT2D eigenvalue weighted by Gasteiger charge is 2.31. The fourth-order valence-corrected chi connectivity index (χ4v) is 2.92. The van der Waals surface area contributed by atoms with E-state index >= 15 is 0 Å². The molecule has 0 saturated carbocycles. The van der Waals surface area contributed by atoms with Crippen molar-refractivity contribution in [1.82, 2.24) is 5.32 Å². The first-order chi connectivity index (χ1) is 14.9. The molecule has 0 spiro atoms. The van der Waals surface area contributed by atoms with E-state index < -0.39 is 35.3 Å². The van der Waals surface area contributed by atoms with Gasteiger partial charge in [0, 0.05) is 19.6 Å². The number of hydrogen-bond acceptors (Lipinski definition) is 4. The number of amides is 1. The summed E-state index contributed by atoms with van der Waals surface area (Å²) in [6.45, 7) is 4.99. The van der Waals surface area contributed by atoms with Crippen LogP contribution in [0.5, 0.6) is 5.75 Å². The minimum Gasteiger partial charge on any atom is -0.479 e. The first-order valence-corrected chi connectivity index (χ1v) is 9.99.